The monoisotopic (exact) mass is 290 g/mol. The number of ether oxygens (including phenoxy) is 4. The van der Waals surface area contributed by atoms with Gasteiger partial charge in [-0.25, -0.2) is 4.39 Å². The Morgan fingerprint density at radius 3 is 2.33 bits per heavy atom. The first-order valence-corrected chi connectivity index (χ1v) is 6.55. The normalized spacial score (nSPS) is 12.9. The highest BCUT2D eigenvalue weighted by Crippen LogP contribution is 2.47. The third-order valence-corrected chi connectivity index (χ3v) is 3.30. The van der Waals surface area contributed by atoms with E-state index in [9.17, 15) is 4.39 Å². The van der Waals surface area contributed by atoms with Crippen LogP contribution in [0.4, 0.5) is 4.39 Å². The van der Waals surface area contributed by atoms with Gasteiger partial charge in [-0.05, 0) is 18.2 Å². The first kappa shape index (κ1) is 13.5. The number of rotatable bonds is 3. The molecule has 0 N–H and O–H groups in total. The van der Waals surface area contributed by atoms with Crippen molar-refractivity contribution in [3.63, 3.8) is 0 Å². The fraction of sp³-hybridized carbons (Fsp3) is 0.250. The van der Waals surface area contributed by atoms with Gasteiger partial charge in [0.05, 0.1) is 19.8 Å². The van der Waals surface area contributed by atoms with Crippen molar-refractivity contribution in [1.82, 2.24) is 0 Å². The second kappa shape index (κ2) is 5.52. The number of fused-ring (bicyclic) bond motifs is 1. The van der Waals surface area contributed by atoms with Crippen molar-refractivity contribution in [1.29, 1.82) is 0 Å². The zero-order chi connectivity index (χ0) is 14.8. The molecule has 0 bridgehead atoms. The van der Waals surface area contributed by atoms with Gasteiger partial charge in [-0.15, -0.1) is 0 Å². The van der Waals surface area contributed by atoms with Crippen molar-refractivity contribution in [2.75, 3.05) is 27.4 Å². The summed E-state index contributed by atoms with van der Waals surface area (Å²) in [5.41, 5.74) is 1.20. The molecule has 1 heterocycles. The van der Waals surface area contributed by atoms with Crippen LogP contribution in [0.5, 0.6) is 23.0 Å². The standard InChI is InChI=1S/C16H15FO4/c1-18-12-4-3-5-13(19-2)15(12)11-8-10(17)9-14-16(11)21-7-6-20-14/h3-5,8-9H,6-7H2,1-2H3. The largest absolute Gasteiger partial charge is 0.496 e. The van der Waals surface area contributed by atoms with Gasteiger partial charge >= 0.3 is 0 Å². The predicted molar refractivity (Wildman–Crippen MR) is 75.9 cm³/mol. The van der Waals surface area contributed by atoms with E-state index in [1.807, 2.05) is 6.07 Å². The fourth-order valence-electron chi connectivity index (χ4n) is 2.42. The Labute approximate surface area is 122 Å². The highest BCUT2D eigenvalue weighted by molar-refractivity contribution is 5.83. The molecule has 0 amide bonds. The summed E-state index contributed by atoms with van der Waals surface area (Å²) in [4.78, 5) is 0. The zero-order valence-electron chi connectivity index (χ0n) is 11.8. The number of halogens is 1. The lowest BCUT2D eigenvalue weighted by Gasteiger charge is -2.23. The van der Waals surface area contributed by atoms with Crippen LogP contribution in [-0.4, -0.2) is 27.4 Å². The van der Waals surface area contributed by atoms with Crippen LogP contribution >= 0.6 is 0 Å². The average molecular weight is 290 g/mol. The molecule has 110 valence electrons. The van der Waals surface area contributed by atoms with Crippen molar-refractivity contribution in [3.05, 3.63) is 36.1 Å². The molecule has 0 aliphatic carbocycles. The summed E-state index contributed by atoms with van der Waals surface area (Å²) in [5.74, 6) is 1.66. The zero-order valence-corrected chi connectivity index (χ0v) is 11.8. The fourth-order valence-corrected chi connectivity index (χ4v) is 2.42. The van der Waals surface area contributed by atoms with Gasteiger partial charge in [-0.3, -0.25) is 0 Å². The number of methoxy groups -OCH3 is 2. The van der Waals surface area contributed by atoms with Gasteiger partial charge in [0.1, 0.15) is 30.5 Å². The van der Waals surface area contributed by atoms with Crippen LogP contribution in [0, 0.1) is 5.82 Å². The lowest BCUT2D eigenvalue weighted by atomic mass is 10.0. The third kappa shape index (κ3) is 2.35. The minimum atomic E-state index is -0.401. The van der Waals surface area contributed by atoms with E-state index in [1.54, 1.807) is 26.4 Å². The molecule has 1 aliphatic rings. The quantitative estimate of drug-likeness (QED) is 0.869. The lowest BCUT2D eigenvalue weighted by molar-refractivity contribution is 0.171. The predicted octanol–water partition coefficient (Wildman–Crippen LogP) is 3.28. The lowest BCUT2D eigenvalue weighted by Crippen LogP contribution is -2.16. The van der Waals surface area contributed by atoms with Crippen LogP contribution in [-0.2, 0) is 0 Å². The Morgan fingerprint density at radius 1 is 1.00 bits per heavy atom. The minimum absolute atomic E-state index is 0.393. The first-order chi connectivity index (χ1) is 10.2. The summed E-state index contributed by atoms with van der Waals surface area (Å²) in [6, 6.07) is 8.11. The number of benzene rings is 2. The van der Waals surface area contributed by atoms with Crippen LogP contribution in [0.1, 0.15) is 0 Å². The maximum atomic E-state index is 13.9. The van der Waals surface area contributed by atoms with Crippen molar-refractivity contribution in [3.8, 4) is 34.1 Å². The summed E-state index contributed by atoms with van der Waals surface area (Å²) < 4.78 is 35.8. The van der Waals surface area contributed by atoms with Gasteiger partial charge < -0.3 is 18.9 Å². The van der Waals surface area contributed by atoms with E-state index in [0.29, 0.717) is 47.3 Å². The van der Waals surface area contributed by atoms with Gasteiger partial charge in [-0.2, -0.15) is 0 Å². The molecule has 0 radical (unpaired) electrons. The van der Waals surface area contributed by atoms with E-state index >= 15 is 0 Å². The molecule has 3 rings (SSSR count). The Morgan fingerprint density at radius 2 is 1.67 bits per heavy atom. The van der Waals surface area contributed by atoms with Crippen LogP contribution < -0.4 is 18.9 Å². The van der Waals surface area contributed by atoms with Gasteiger partial charge in [-0.1, -0.05) is 6.07 Å². The van der Waals surface area contributed by atoms with Crippen molar-refractivity contribution >= 4 is 0 Å². The highest BCUT2D eigenvalue weighted by atomic mass is 19.1. The third-order valence-electron chi connectivity index (χ3n) is 3.30. The number of hydrogen-bond donors (Lipinski definition) is 0. The second-order valence-electron chi connectivity index (χ2n) is 4.52. The van der Waals surface area contributed by atoms with Crippen LogP contribution in [0.15, 0.2) is 30.3 Å². The van der Waals surface area contributed by atoms with Gasteiger partial charge in [0.2, 0.25) is 0 Å². The molecular formula is C16H15FO4. The van der Waals surface area contributed by atoms with E-state index in [1.165, 1.54) is 12.1 Å². The van der Waals surface area contributed by atoms with Crippen LogP contribution in [0.3, 0.4) is 0 Å². The highest BCUT2D eigenvalue weighted by Gasteiger charge is 2.23. The number of hydrogen-bond acceptors (Lipinski definition) is 4. The summed E-state index contributed by atoms with van der Waals surface area (Å²) >= 11 is 0. The molecule has 0 unspecified atom stereocenters. The van der Waals surface area contributed by atoms with Gasteiger partial charge in [0.25, 0.3) is 0 Å². The average Bonchev–Trinajstić information content (AvgIpc) is 2.53. The molecule has 0 fully saturated rings. The Balaban J connectivity index is 2.28. The van der Waals surface area contributed by atoms with Crippen LogP contribution in [0.25, 0.3) is 11.1 Å². The molecule has 4 nitrogen and oxygen atoms in total. The molecule has 0 atom stereocenters. The molecule has 2 aromatic carbocycles. The van der Waals surface area contributed by atoms with Gasteiger partial charge in [0, 0.05) is 11.6 Å². The molecule has 5 heteroatoms. The molecule has 0 saturated carbocycles. The topological polar surface area (TPSA) is 36.9 Å². The summed E-state index contributed by atoms with van der Waals surface area (Å²) in [6.07, 6.45) is 0. The Hall–Kier alpha value is -2.43. The van der Waals surface area contributed by atoms with E-state index in [2.05, 4.69) is 0 Å². The van der Waals surface area contributed by atoms with Crippen molar-refractivity contribution in [2.24, 2.45) is 0 Å². The van der Waals surface area contributed by atoms with Gasteiger partial charge in [0.15, 0.2) is 11.5 Å². The van der Waals surface area contributed by atoms with E-state index in [4.69, 9.17) is 18.9 Å². The molecule has 0 saturated heterocycles. The first-order valence-electron chi connectivity index (χ1n) is 6.55. The SMILES string of the molecule is COc1cccc(OC)c1-c1cc(F)cc2c1OCCO2. The summed E-state index contributed by atoms with van der Waals surface area (Å²) in [7, 11) is 3.11. The maximum Gasteiger partial charge on any atom is 0.169 e. The van der Waals surface area contributed by atoms with E-state index in [-0.39, 0.29) is 0 Å². The van der Waals surface area contributed by atoms with Crippen molar-refractivity contribution < 1.29 is 23.3 Å². The molecule has 2 aromatic rings. The van der Waals surface area contributed by atoms with Crippen LogP contribution in [0.2, 0.25) is 0 Å². The second-order valence-corrected chi connectivity index (χ2v) is 4.52. The van der Waals surface area contributed by atoms with Crippen molar-refractivity contribution in [2.45, 2.75) is 0 Å². The molecule has 0 spiro atoms. The molecular weight excluding hydrogens is 275 g/mol. The Kier molecular flexibility index (Phi) is 3.56. The summed E-state index contributed by atoms with van der Waals surface area (Å²) in [5, 5.41) is 0. The van der Waals surface area contributed by atoms with E-state index < -0.39 is 5.82 Å². The summed E-state index contributed by atoms with van der Waals surface area (Å²) in [6.45, 7) is 0.821. The molecule has 1 aliphatic heterocycles. The maximum absolute atomic E-state index is 13.9. The Bertz CT molecular complexity index is 647. The minimum Gasteiger partial charge on any atom is -0.496 e. The molecule has 21 heavy (non-hydrogen) atoms. The smallest absolute Gasteiger partial charge is 0.169 e. The molecule has 0 aromatic heterocycles. The van der Waals surface area contributed by atoms with E-state index in [0.717, 1.165) is 0 Å².